The van der Waals surface area contributed by atoms with Crippen molar-refractivity contribution >= 4 is 17.5 Å². The molecule has 0 saturated carbocycles. The van der Waals surface area contributed by atoms with Gasteiger partial charge in [-0.05, 0) is 13.0 Å². The monoisotopic (exact) mass is 213 g/mol. The lowest BCUT2D eigenvalue weighted by Crippen LogP contribution is -1.93. The standard InChI is InChI=1S/C14H15NO/c1-3-11(2)8-9-12(10-16)13-6-4-5-7-14(13)15/h3-10H,1,15H2,2H3/b11-8+,12-9+. The van der Waals surface area contributed by atoms with Crippen molar-refractivity contribution in [1.82, 2.24) is 0 Å². The number of carbonyl (C=O) groups is 1. The molecule has 0 unspecified atom stereocenters. The zero-order valence-corrected chi connectivity index (χ0v) is 9.31. The summed E-state index contributed by atoms with van der Waals surface area (Å²) in [6.45, 7) is 5.56. The van der Waals surface area contributed by atoms with Crippen LogP contribution < -0.4 is 5.73 Å². The number of nitrogen functional groups attached to an aromatic ring is 1. The number of aldehydes is 1. The third-order valence-electron chi connectivity index (χ3n) is 2.25. The van der Waals surface area contributed by atoms with Gasteiger partial charge in [0.25, 0.3) is 0 Å². The van der Waals surface area contributed by atoms with Crippen LogP contribution in [0.15, 0.2) is 54.6 Å². The molecule has 0 fully saturated rings. The van der Waals surface area contributed by atoms with Gasteiger partial charge in [0.05, 0.1) is 0 Å². The molecule has 16 heavy (non-hydrogen) atoms. The predicted molar refractivity (Wildman–Crippen MR) is 68.8 cm³/mol. The average molecular weight is 213 g/mol. The molecular formula is C14H15NO. The van der Waals surface area contributed by atoms with Crippen LogP contribution in [0.5, 0.6) is 0 Å². The number of nitrogens with two attached hydrogens (primary N) is 1. The van der Waals surface area contributed by atoms with E-state index in [9.17, 15) is 4.79 Å². The summed E-state index contributed by atoms with van der Waals surface area (Å²) in [5, 5.41) is 0. The van der Waals surface area contributed by atoms with E-state index in [2.05, 4.69) is 6.58 Å². The summed E-state index contributed by atoms with van der Waals surface area (Å²) in [5.74, 6) is 0. The second kappa shape index (κ2) is 5.71. The molecule has 2 heteroatoms. The Balaban J connectivity index is 3.13. The molecule has 2 nitrogen and oxygen atoms in total. The van der Waals surface area contributed by atoms with Gasteiger partial charge in [0.15, 0.2) is 6.29 Å². The largest absolute Gasteiger partial charge is 0.398 e. The summed E-state index contributed by atoms with van der Waals surface area (Å²) in [4.78, 5) is 11.0. The van der Waals surface area contributed by atoms with Crippen LogP contribution in [0.1, 0.15) is 12.5 Å². The summed E-state index contributed by atoms with van der Waals surface area (Å²) in [6.07, 6.45) is 6.12. The van der Waals surface area contributed by atoms with Crippen LogP contribution in [0.4, 0.5) is 5.69 Å². The van der Waals surface area contributed by atoms with Crippen molar-refractivity contribution in [2.45, 2.75) is 6.92 Å². The van der Waals surface area contributed by atoms with E-state index in [1.54, 1.807) is 18.2 Å². The molecule has 0 saturated heterocycles. The van der Waals surface area contributed by atoms with E-state index in [1.165, 1.54) is 0 Å². The molecule has 0 aliphatic carbocycles. The maximum atomic E-state index is 11.0. The third kappa shape index (κ3) is 2.95. The number of hydrogen-bond acceptors (Lipinski definition) is 2. The molecule has 0 aliphatic heterocycles. The van der Waals surface area contributed by atoms with E-state index in [0.29, 0.717) is 11.3 Å². The zero-order chi connectivity index (χ0) is 12.0. The number of hydrogen-bond donors (Lipinski definition) is 1. The Hall–Kier alpha value is -2.09. The summed E-state index contributed by atoms with van der Waals surface area (Å²) < 4.78 is 0. The topological polar surface area (TPSA) is 43.1 Å². The third-order valence-corrected chi connectivity index (χ3v) is 2.25. The minimum atomic E-state index is 0.569. The van der Waals surface area contributed by atoms with Gasteiger partial charge in [-0.2, -0.15) is 0 Å². The molecular weight excluding hydrogens is 198 g/mol. The lowest BCUT2D eigenvalue weighted by Gasteiger charge is -2.03. The van der Waals surface area contributed by atoms with Crippen molar-refractivity contribution in [3.8, 4) is 0 Å². The SMILES string of the molecule is C=C/C(C)=C/C=C(\C=O)c1ccccc1N. The molecule has 0 radical (unpaired) electrons. The second-order valence-electron chi connectivity index (χ2n) is 3.44. The highest BCUT2D eigenvalue weighted by Gasteiger charge is 2.02. The molecule has 0 atom stereocenters. The summed E-state index contributed by atoms with van der Waals surface area (Å²) in [6, 6.07) is 7.29. The second-order valence-corrected chi connectivity index (χ2v) is 3.44. The van der Waals surface area contributed by atoms with Crippen LogP contribution in [0, 0.1) is 0 Å². The van der Waals surface area contributed by atoms with Crippen molar-refractivity contribution in [1.29, 1.82) is 0 Å². The summed E-state index contributed by atoms with van der Waals surface area (Å²) in [5.41, 5.74) is 8.72. The number of benzene rings is 1. The molecule has 0 heterocycles. The van der Waals surface area contributed by atoms with Crippen LogP contribution >= 0.6 is 0 Å². The molecule has 2 N–H and O–H groups in total. The van der Waals surface area contributed by atoms with Gasteiger partial charge < -0.3 is 5.73 Å². The quantitative estimate of drug-likeness (QED) is 0.361. The minimum absolute atomic E-state index is 0.569. The number of allylic oxidation sites excluding steroid dienone is 5. The Morgan fingerprint density at radius 3 is 2.56 bits per heavy atom. The molecule has 0 aromatic heterocycles. The van der Waals surface area contributed by atoms with Crippen LogP contribution in [-0.2, 0) is 4.79 Å². The van der Waals surface area contributed by atoms with Crippen LogP contribution in [0.2, 0.25) is 0 Å². The Bertz CT molecular complexity index is 456. The van der Waals surface area contributed by atoms with Gasteiger partial charge in [-0.25, -0.2) is 0 Å². The Kier molecular flexibility index (Phi) is 4.28. The molecule has 1 rings (SSSR count). The first-order chi connectivity index (χ1) is 7.69. The van der Waals surface area contributed by atoms with Crippen molar-refractivity contribution in [3.05, 3.63) is 60.2 Å². The molecule has 0 spiro atoms. The molecule has 82 valence electrons. The molecule has 0 bridgehead atoms. The Morgan fingerprint density at radius 1 is 1.31 bits per heavy atom. The van der Waals surface area contributed by atoms with Gasteiger partial charge in [0, 0.05) is 16.8 Å². The molecule has 0 amide bonds. The highest BCUT2D eigenvalue weighted by atomic mass is 16.1. The van der Waals surface area contributed by atoms with Gasteiger partial charge in [0.1, 0.15) is 0 Å². The number of anilines is 1. The van der Waals surface area contributed by atoms with Crippen molar-refractivity contribution in [2.75, 3.05) is 5.73 Å². The maximum Gasteiger partial charge on any atom is 0.150 e. The van der Waals surface area contributed by atoms with Crippen LogP contribution in [0.25, 0.3) is 5.57 Å². The van der Waals surface area contributed by atoms with Gasteiger partial charge in [-0.15, -0.1) is 0 Å². The number of para-hydroxylation sites is 1. The van der Waals surface area contributed by atoms with Crippen molar-refractivity contribution in [2.24, 2.45) is 0 Å². The normalized spacial score (nSPS) is 12.3. The van der Waals surface area contributed by atoms with Gasteiger partial charge in [-0.3, -0.25) is 4.79 Å². The van der Waals surface area contributed by atoms with E-state index in [-0.39, 0.29) is 0 Å². The summed E-state index contributed by atoms with van der Waals surface area (Å²) in [7, 11) is 0. The molecule has 1 aromatic rings. The van der Waals surface area contributed by atoms with Crippen molar-refractivity contribution < 1.29 is 4.79 Å². The Morgan fingerprint density at radius 2 is 2.00 bits per heavy atom. The first-order valence-corrected chi connectivity index (χ1v) is 5.00. The fourth-order valence-electron chi connectivity index (χ4n) is 1.24. The van der Waals surface area contributed by atoms with E-state index in [4.69, 9.17) is 5.73 Å². The van der Waals surface area contributed by atoms with E-state index < -0.39 is 0 Å². The van der Waals surface area contributed by atoms with E-state index >= 15 is 0 Å². The van der Waals surface area contributed by atoms with Gasteiger partial charge in [0.2, 0.25) is 0 Å². The minimum Gasteiger partial charge on any atom is -0.398 e. The average Bonchev–Trinajstić information content (AvgIpc) is 2.31. The number of rotatable bonds is 4. The zero-order valence-electron chi connectivity index (χ0n) is 9.31. The van der Waals surface area contributed by atoms with E-state index in [1.807, 2.05) is 31.2 Å². The van der Waals surface area contributed by atoms with Crippen molar-refractivity contribution in [3.63, 3.8) is 0 Å². The predicted octanol–water partition coefficient (Wildman–Crippen LogP) is 2.98. The Labute approximate surface area is 95.8 Å². The molecule has 0 aliphatic rings. The van der Waals surface area contributed by atoms with E-state index in [0.717, 1.165) is 17.4 Å². The summed E-state index contributed by atoms with van der Waals surface area (Å²) >= 11 is 0. The fourth-order valence-corrected chi connectivity index (χ4v) is 1.24. The van der Waals surface area contributed by atoms with Gasteiger partial charge in [-0.1, -0.05) is 48.6 Å². The lowest BCUT2D eigenvalue weighted by atomic mass is 10.0. The first-order valence-electron chi connectivity index (χ1n) is 5.00. The molecule has 1 aromatic carbocycles. The van der Waals surface area contributed by atoms with Crippen LogP contribution in [0.3, 0.4) is 0 Å². The maximum absolute atomic E-state index is 11.0. The highest BCUT2D eigenvalue weighted by Crippen LogP contribution is 2.19. The van der Waals surface area contributed by atoms with Crippen LogP contribution in [-0.4, -0.2) is 6.29 Å². The number of carbonyl (C=O) groups excluding carboxylic acids is 1. The highest BCUT2D eigenvalue weighted by molar-refractivity contribution is 6.09. The smallest absolute Gasteiger partial charge is 0.150 e. The fraction of sp³-hybridized carbons (Fsp3) is 0.0714. The first kappa shape index (κ1) is 12.0. The lowest BCUT2D eigenvalue weighted by molar-refractivity contribution is -0.103. The van der Waals surface area contributed by atoms with Gasteiger partial charge >= 0.3 is 0 Å².